The van der Waals surface area contributed by atoms with Crippen LogP contribution in [-0.4, -0.2) is 45.3 Å². The lowest BCUT2D eigenvalue weighted by molar-refractivity contribution is 0.0760. The van der Waals surface area contributed by atoms with Gasteiger partial charge in [-0.05, 0) is 12.8 Å². The standard InChI is InChI=1S/C10H16N4O2/c1-2-7-8(11)9(13-12-7)10(16)14-4-3-6(15)5-14/h6,15H,2-5,11H2,1H3,(H,12,13)/t6-/m1/s1. The molecule has 0 spiro atoms. The van der Waals surface area contributed by atoms with Crippen molar-refractivity contribution in [3.05, 3.63) is 11.4 Å². The number of rotatable bonds is 2. The van der Waals surface area contributed by atoms with Crippen LogP contribution in [0.25, 0.3) is 0 Å². The molecule has 0 unspecified atom stereocenters. The highest BCUT2D eigenvalue weighted by Crippen LogP contribution is 2.19. The number of anilines is 1. The quantitative estimate of drug-likeness (QED) is 0.646. The lowest BCUT2D eigenvalue weighted by atomic mass is 10.2. The third-order valence-corrected chi connectivity index (χ3v) is 2.89. The number of carbonyl (C=O) groups excluding carboxylic acids is 1. The van der Waals surface area contributed by atoms with Crippen molar-refractivity contribution in [1.82, 2.24) is 15.1 Å². The van der Waals surface area contributed by atoms with Crippen molar-refractivity contribution in [2.45, 2.75) is 25.9 Å². The van der Waals surface area contributed by atoms with Crippen LogP contribution in [0.15, 0.2) is 0 Å². The summed E-state index contributed by atoms with van der Waals surface area (Å²) >= 11 is 0. The Morgan fingerprint density at radius 3 is 3.00 bits per heavy atom. The number of β-amino-alcohol motifs (C(OH)–C–C–N with tert-alkyl or cyclic N) is 1. The predicted molar refractivity (Wildman–Crippen MR) is 58.9 cm³/mol. The van der Waals surface area contributed by atoms with Gasteiger partial charge in [-0.2, -0.15) is 5.10 Å². The van der Waals surface area contributed by atoms with Gasteiger partial charge in [0.2, 0.25) is 0 Å². The molecule has 1 fully saturated rings. The number of nitrogens with two attached hydrogens (primary N) is 1. The number of hydrogen-bond acceptors (Lipinski definition) is 4. The molecule has 0 aliphatic carbocycles. The Balaban J connectivity index is 2.17. The third kappa shape index (κ3) is 1.76. The van der Waals surface area contributed by atoms with E-state index in [9.17, 15) is 9.90 Å². The van der Waals surface area contributed by atoms with E-state index in [4.69, 9.17) is 5.73 Å². The second kappa shape index (κ2) is 4.13. The minimum absolute atomic E-state index is 0.204. The van der Waals surface area contributed by atoms with Crippen LogP contribution in [0.2, 0.25) is 0 Å². The summed E-state index contributed by atoms with van der Waals surface area (Å²) in [4.78, 5) is 13.6. The number of aliphatic hydroxyl groups excluding tert-OH is 1. The number of aromatic amines is 1. The molecule has 1 aliphatic heterocycles. The predicted octanol–water partition coefficient (Wildman–Crippen LogP) is -0.239. The molecule has 6 heteroatoms. The zero-order valence-corrected chi connectivity index (χ0v) is 9.23. The first-order valence-corrected chi connectivity index (χ1v) is 5.43. The number of aromatic nitrogens is 2. The van der Waals surface area contributed by atoms with Gasteiger partial charge >= 0.3 is 0 Å². The van der Waals surface area contributed by atoms with Crippen molar-refractivity contribution in [2.75, 3.05) is 18.8 Å². The highest BCUT2D eigenvalue weighted by Gasteiger charge is 2.28. The van der Waals surface area contributed by atoms with Gasteiger partial charge in [-0.15, -0.1) is 0 Å². The van der Waals surface area contributed by atoms with Gasteiger partial charge in [-0.25, -0.2) is 0 Å². The van der Waals surface area contributed by atoms with E-state index in [0.29, 0.717) is 25.2 Å². The Morgan fingerprint density at radius 1 is 1.75 bits per heavy atom. The zero-order chi connectivity index (χ0) is 11.7. The molecule has 1 aromatic rings. The number of aliphatic hydroxyl groups is 1. The molecule has 0 bridgehead atoms. The van der Waals surface area contributed by atoms with Gasteiger partial charge in [-0.3, -0.25) is 9.89 Å². The highest BCUT2D eigenvalue weighted by atomic mass is 16.3. The highest BCUT2D eigenvalue weighted by molar-refractivity contribution is 5.97. The normalized spacial score (nSPS) is 20.4. The molecule has 0 saturated carbocycles. The minimum Gasteiger partial charge on any atom is -0.395 e. The molecule has 16 heavy (non-hydrogen) atoms. The maximum absolute atomic E-state index is 12.0. The molecule has 0 radical (unpaired) electrons. The van der Waals surface area contributed by atoms with Gasteiger partial charge in [0.15, 0.2) is 5.69 Å². The topological polar surface area (TPSA) is 95.2 Å². The fourth-order valence-corrected chi connectivity index (χ4v) is 1.90. The smallest absolute Gasteiger partial charge is 0.276 e. The Hall–Kier alpha value is -1.56. The summed E-state index contributed by atoms with van der Waals surface area (Å²) < 4.78 is 0. The molecule has 6 nitrogen and oxygen atoms in total. The average molecular weight is 224 g/mol. The molecule has 1 atom stereocenters. The Kier molecular flexibility index (Phi) is 2.82. The van der Waals surface area contributed by atoms with Crippen LogP contribution in [0, 0.1) is 0 Å². The van der Waals surface area contributed by atoms with E-state index >= 15 is 0 Å². The van der Waals surface area contributed by atoms with Crippen molar-refractivity contribution in [3.8, 4) is 0 Å². The SMILES string of the molecule is CCc1[nH]nc(C(=O)N2CC[C@@H](O)C2)c1N. The molecule has 0 aromatic carbocycles. The Morgan fingerprint density at radius 2 is 2.50 bits per heavy atom. The van der Waals surface area contributed by atoms with Crippen LogP contribution in [0.5, 0.6) is 0 Å². The fraction of sp³-hybridized carbons (Fsp3) is 0.600. The number of hydrogen-bond donors (Lipinski definition) is 3. The van der Waals surface area contributed by atoms with Crippen molar-refractivity contribution >= 4 is 11.6 Å². The number of H-pyrrole nitrogens is 1. The summed E-state index contributed by atoms with van der Waals surface area (Å²) in [6.07, 6.45) is 0.917. The average Bonchev–Trinajstić information content (AvgIpc) is 2.84. The molecule has 1 aliphatic rings. The number of nitrogens with one attached hydrogen (secondary N) is 1. The first-order chi connectivity index (χ1) is 7.63. The molecule has 4 N–H and O–H groups in total. The first kappa shape index (κ1) is 10.9. The van der Waals surface area contributed by atoms with E-state index < -0.39 is 6.10 Å². The summed E-state index contributed by atoms with van der Waals surface area (Å²) in [7, 11) is 0. The van der Waals surface area contributed by atoms with Crippen LogP contribution >= 0.6 is 0 Å². The lowest BCUT2D eigenvalue weighted by Gasteiger charge is -2.13. The van der Waals surface area contributed by atoms with Crippen LogP contribution in [0.3, 0.4) is 0 Å². The second-order valence-electron chi connectivity index (χ2n) is 4.01. The number of amides is 1. The summed E-state index contributed by atoms with van der Waals surface area (Å²) in [5.74, 6) is -0.204. The first-order valence-electron chi connectivity index (χ1n) is 5.43. The van der Waals surface area contributed by atoms with Gasteiger partial charge in [0.25, 0.3) is 5.91 Å². The van der Waals surface area contributed by atoms with E-state index in [1.165, 1.54) is 0 Å². The number of carbonyl (C=O) groups is 1. The maximum atomic E-state index is 12.0. The van der Waals surface area contributed by atoms with E-state index in [-0.39, 0.29) is 11.6 Å². The van der Waals surface area contributed by atoms with Crippen LogP contribution < -0.4 is 5.73 Å². The molecule has 88 valence electrons. The van der Waals surface area contributed by atoms with Crippen LogP contribution in [-0.2, 0) is 6.42 Å². The van der Waals surface area contributed by atoms with Crippen molar-refractivity contribution in [3.63, 3.8) is 0 Å². The number of likely N-dealkylation sites (tertiary alicyclic amines) is 1. The molecular weight excluding hydrogens is 208 g/mol. The maximum Gasteiger partial charge on any atom is 0.276 e. The van der Waals surface area contributed by atoms with E-state index in [0.717, 1.165) is 12.1 Å². The summed E-state index contributed by atoms with van der Waals surface area (Å²) in [6.45, 7) is 2.87. The molecular formula is C10H16N4O2. The summed E-state index contributed by atoms with van der Waals surface area (Å²) in [5.41, 5.74) is 7.29. The largest absolute Gasteiger partial charge is 0.395 e. The van der Waals surface area contributed by atoms with E-state index in [1.54, 1.807) is 4.90 Å². The monoisotopic (exact) mass is 224 g/mol. The Bertz CT molecular complexity index is 402. The summed E-state index contributed by atoms with van der Waals surface area (Å²) in [5, 5.41) is 16.1. The van der Waals surface area contributed by atoms with E-state index in [2.05, 4.69) is 10.2 Å². The molecule has 1 amide bonds. The second-order valence-corrected chi connectivity index (χ2v) is 4.01. The van der Waals surface area contributed by atoms with Crippen LogP contribution in [0.4, 0.5) is 5.69 Å². The van der Waals surface area contributed by atoms with Gasteiger partial charge < -0.3 is 15.7 Å². The van der Waals surface area contributed by atoms with Gasteiger partial charge in [0.1, 0.15) is 0 Å². The molecule has 2 rings (SSSR count). The fourth-order valence-electron chi connectivity index (χ4n) is 1.90. The molecule has 1 saturated heterocycles. The van der Waals surface area contributed by atoms with Gasteiger partial charge in [0, 0.05) is 13.1 Å². The molecule has 1 aromatic heterocycles. The Labute approximate surface area is 93.4 Å². The number of nitrogen functional groups attached to an aromatic ring is 1. The van der Waals surface area contributed by atoms with Crippen molar-refractivity contribution in [2.24, 2.45) is 0 Å². The lowest BCUT2D eigenvalue weighted by Crippen LogP contribution is -2.30. The van der Waals surface area contributed by atoms with Crippen molar-refractivity contribution < 1.29 is 9.90 Å². The molecule has 2 heterocycles. The summed E-state index contributed by atoms with van der Waals surface area (Å²) in [6, 6.07) is 0. The number of aryl methyl sites for hydroxylation is 1. The van der Waals surface area contributed by atoms with Gasteiger partial charge in [-0.1, -0.05) is 6.92 Å². The zero-order valence-electron chi connectivity index (χ0n) is 9.23. The van der Waals surface area contributed by atoms with Crippen molar-refractivity contribution in [1.29, 1.82) is 0 Å². The van der Waals surface area contributed by atoms with Crippen LogP contribution in [0.1, 0.15) is 29.5 Å². The van der Waals surface area contributed by atoms with E-state index in [1.807, 2.05) is 6.92 Å². The third-order valence-electron chi connectivity index (χ3n) is 2.89. The number of nitrogens with zero attached hydrogens (tertiary/aromatic N) is 2. The van der Waals surface area contributed by atoms with Gasteiger partial charge in [0.05, 0.1) is 17.5 Å². The minimum atomic E-state index is -0.422.